The van der Waals surface area contributed by atoms with Gasteiger partial charge < -0.3 is 15.0 Å². The van der Waals surface area contributed by atoms with Crippen LogP contribution >= 0.6 is 0 Å². The van der Waals surface area contributed by atoms with E-state index < -0.39 is 0 Å². The van der Waals surface area contributed by atoms with E-state index in [4.69, 9.17) is 4.74 Å². The average molecular weight is 443 g/mol. The molecular formula is C26H26N4O3. The van der Waals surface area contributed by atoms with Crippen molar-refractivity contribution in [3.8, 4) is 5.75 Å². The van der Waals surface area contributed by atoms with E-state index in [1.54, 1.807) is 30.9 Å². The van der Waals surface area contributed by atoms with Crippen LogP contribution in [0.25, 0.3) is 10.8 Å². The van der Waals surface area contributed by atoms with Gasteiger partial charge in [0.25, 0.3) is 11.8 Å². The Morgan fingerprint density at radius 2 is 1.79 bits per heavy atom. The van der Waals surface area contributed by atoms with Crippen molar-refractivity contribution in [2.75, 3.05) is 19.4 Å². The van der Waals surface area contributed by atoms with Crippen molar-refractivity contribution in [2.24, 2.45) is 0 Å². The Morgan fingerprint density at radius 1 is 1.03 bits per heavy atom. The first-order valence-corrected chi connectivity index (χ1v) is 10.8. The van der Waals surface area contributed by atoms with Gasteiger partial charge in [-0.1, -0.05) is 48.5 Å². The summed E-state index contributed by atoms with van der Waals surface area (Å²) in [6.45, 7) is 2.74. The van der Waals surface area contributed by atoms with Crippen molar-refractivity contribution in [1.29, 1.82) is 0 Å². The molecule has 3 aromatic carbocycles. The Kier molecular flexibility index (Phi) is 6.40. The first-order valence-electron chi connectivity index (χ1n) is 10.8. The van der Waals surface area contributed by atoms with Crippen LogP contribution in [0.3, 0.4) is 0 Å². The van der Waals surface area contributed by atoms with E-state index >= 15 is 0 Å². The molecule has 0 saturated heterocycles. The molecule has 4 rings (SSSR count). The minimum atomic E-state index is -0.314. The zero-order valence-electron chi connectivity index (χ0n) is 18.9. The maximum atomic E-state index is 12.9. The Hall–Kier alpha value is -4.13. The van der Waals surface area contributed by atoms with Crippen molar-refractivity contribution in [3.63, 3.8) is 0 Å². The average Bonchev–Trinajstić information content (AvgIpc) is 3.24. The normalized spacial score (nSPS) is 10.8. The van der Waals surface area contributed by atoms with Gasteiger partial charge in [0, 0.05) is 31.6 Å². The van der Waals surface area contributed by atoms with Crippen molar-refractivity contribution >= 4 is 28.3 Å². The number of hydrogen-bond donors (Lipinski definition) is 1. The van der Waals surface area contributed by atoms with Crippen LogP contribution < -0.4 is 10.1 Å². The van der Waals surface area contributed by atoms with Gasteiger partial charge >= 0.3 is 0 Å². The minimum absolute atomic E-state index is 0.220. The molecule has 33 heavy (non-hydrogen) atoms. The maximum absolute atomic E-state index is 12.9. The molecule has 0 radical (unpaired) electrons. The fourth-order valence-corrected chi connectivity index (χ4v) is 3.63. The molecule has 0 fully saturated rings. The Bertz CT molecular complexity index is 1300. The largest absolute Gasteiger partial charge is 0.488 e. The molecule has 7 nitrogen and oxygen atoms in total. The number of nitrogens with one attached hydrogen (secondary N) is 1. The molecule has 0 aliphatic rings. The van der Waals surface area contributed by atoms with E-state index in [1.807, 2.05) is 61.5 Å². The zero-order valence-corrected chi connectivity index (χ0v) is 18.9. The second-order valence-electron chi connectivity index (χ2n) is 7.84. The summed E-state index contributed by atoms with van der Waals surface area (Å²) >= 11 is 0. The molecule has 0 atom stereocenters. The molecule has 0 spiro atoms. The standard InChI is InChI=1S/C26H26N4O3/c1-4-30-24(26(32)29(2)3)22(16-27-30)28-25(31)20-12-7-9-18(15-20)17-33-23-14-8-11-19-10-5-6-13-21(19)23/h5-16H,4,17H2,1-3H3,(H,28,31). The third-order valence-electron chi connectivity index (χ3n) is 5.33. The molecule has 1 N–H and O–H groups in total. The Morgan fingerprint density at radius 3 is 2.58 bits per heavy atom. The first-order chi connectivity index (χ1) is 16.0. The van der Waals surface area contributed by atoms with Crippen molar-refractivity contribution < 1.29 is 14.3 Å². The lowest BCUT2D eigenvalue weighted by Gasteiger charge is -2.14. The van der Waals surface area contributed by atoms with E-state index in [0.29, 0.717) is 30.1 Å². The highest BCUT2D eigenvalue weighted by molar-refractivity contribution is 6.08. The summed E-state index contributed by atoms with van der Waals surface area (Å²) in [5.41, 5.74) is 2.08. The van der Waals surface area contributed by atoms with Gasteiger partial charge in [-0.3, -0.25) is 14.3 Å². The summed E-state index contributed by atoms with van der Waals surface area (Å²) in [5, 5.41) is 9.21. The smallest absolute Gasteiger partial charge is 0.273 e. The number of carbonyl (C=O) groups excluding carboxylic acids is 2. The number of rotatable bonds is 7. The number of amides is 2. The molecule has 0 bridgehead atoms. The Labute approximate surface area is 192 Å². The fourth-order valence-electron chi connectivity index (χ4n) is 3.63. The maximum Gasteiger partial charge on any atom is 0.273 e. The van der Waals surface area contributed by atoms with Gasteiger partial charge in [0.1, 0.15) is 18.1 Å². The molecule has 1 heterocycles. The molecule has 4 aromatic rings. The molecule has 0 aliphatic heterocycles. The quantitative estimate of drug-likeness (QED) is 0.454. The second-order valence-corrected chi connectivity index (χ2v) is 7.84. The van der Waals surface area contributed by atoms with Gasteiger partial charge in [0.2, 0.25) is 0 Å². The fraction of sp³-hybridized carbons (Fsp3) is 0.192. The number of aromatic nitrogens is 2. The molecule has 2 amide bonds. The number of fused-ring (bicyclic) bond motifs is 1. The van der Waals surface area contributed by atoms with Crippen LogP contribution in [0.1, 0.15) is 33.3 Å². The summed E-state index contributed by atoms with van der Waals surface area (Å²) in [5.74, 6) is 0.258. The monoisotopic (exact) mass is 442 g/mol. The van der Waals surface area contributed by atoms with Gasteiger partial charge in [0.15, 0.2) is 0 Å². The number of hydrogen-bond acceptors (Lipinski definition) is 4. The highest BCUT2D eigenvalue weighted by Crippen LogP contribution is 2.26. The number of benzene rings is 3. The lowest BCUT2D eigenvalue weighted by atomic mass is 10.1. The number of carbonyl (C=O) groups is 2. The zero-order chi connectivity index (χ0) is 23.4. The summed E-state index contributed by atoms with van der Waals surface area (Å²) < 4.78 is 7.63. The molecular weight excluding hydrogens is 416 g/mol. The first kappa shape index (κ1) is 22.1. The van der Waals surface area contributed by atoms with Crippen molar-refractivity contribution in [3.05, 3.63) is 89.7 Å². The minimum Gasteiger partial charge on any atom is -0.488 e. The van der Waals surface area contributed by atoms with Crippen LogP contribution in [0, 0.1) is 0 Å². The number of ether oxygens (including phenoxy) is 1. The Balaban J connectivity index is 1.51. The van der Waals surface area contributed by atoms with Crippen molar-refractivity contribution in [1.82, 2.24) is 14.7 Å². The number of nitrogens with zero attached hydrogens (tertiary/aromatic N) is 3. The predicted molar refractivity (Wildman–Crippen MR) is 129 cm³/mol. The number of anilines is 1. The van der Waals surface area contributed by atoms with Gasteiger partial charge in [-0.25, -0.2) is 0 Å². The summed E-state index contributed by atoms with van der Waals surface area (Å²) in [4.78, 5) is 27.0. The third-order valence-corrected chi connectivity index (χ3v) is 5.33. The highest BCUT2D eigenvalue weighted by atomic mass is 16.5. The van der Waals surface area contributed by atoms with Crippen LogP contribution in [0.2, 0.25) is 0 Å². The van der Waals surface area contributed by atoms with Crippen molar-refractivity contribution in [2.45, 2.75) is 20.1 Å². The SMILES string of the molecule is CCn1ncc(NC(=O)c2cccc(COc3cccc4ccccc34)c2)c1C(=O)N(C)C. The highest BCUT2D eigenvalue weighted by Gasteiger charge is 2.21. The van der Waals surface area contributed by atoms with Gasteiger partial charge in [0.05, 0.1) is 11.9 Å². The molecule has 0 saturated carbocycles. The molecule has 1 aromatic heterocycles. The van der Waals surface area contributed by atoms with E-state index in [-0.39, 0.29) is 11.8 Å². The second kappa shape index (κ2) is 9.56. The van der Waals surface area contributed by atoms with E-state index in [9.17, 15) is 9.59 Å². The van der Waals surface area contributed by atoms with E-state index in [0.717, 1.165) is 22.1 Å². The van der Waals surface area contributed by atoms with Crippen LogP contribution in [0.4, 0.5) is 5.69 Å². The molecule has 7 heteroatoms. The molecule has 168 valence electrons. The van der Waals surface area contributed by atoms with E-state index in [2.05, 4.69) is 10.4 Å². The van der Waals surface area contributed by atoms with Crippen LogP contribution in [0.15, 0.2) is 72.9 Å². The summed E-state index contributed by atoms with van der Waals surface area (Å²) in [6, 6.07) is 21.2. The van der Waals surface area contributed by atoms with Gasteiger partial charge in [-0.2, -0.15) is 5.10 Å². The van der Waals surface area contributed by atoms with Crippen LogP contribution in [0.5, 0.6) is 5.75 Å². The lowest BCUT2D eigenvalue weighted by Crippen LogP contribution is -2.26. The van der Waals surface area contributed by atoms with Gasteiger partial charge in [-0.15, -0.1) is 0 Å². The third kappa shape index (κ3) is 4.72. The topological polar surface area (TPSA) is 76.5 Å². The predicted octanol–water partition coefficient (Wildman–Crippen LogP) is 4.59. The summed E-state index contributed by atoms with van der Waals surface area (Å²) in [7, 11) is 3.33. The van der Waals surface area contributed by atoms with E-state index in [1.165, 1.54) is 11.1 Å². The van der Waals surface area contributed by atoms with Crippen LogP contribution in [-0.4, -0.2) is 40.6 Å². The van der Waals surface area contributed by atoms with Crippen LogP contribution in [-0.2, 0) is 13.2 Å². The number of aryl methyl sites for hydroxylation is 1. The summed E-state index contributed by atoms with van der Waals surface area (Å²) in [6.07, 6.45) is 1.51. The molecule has 0 unspecified atom stereocenters. The van der Waals surface area contributed by atoms with Gasteiger partial charge in [-0.05, 0) is 36.1 Å². The molecule has 0 aliphatic carbocycles. The lowest BCUT2D eigenvalue weighted by molar-refractivity contribution is 0.0816.